The second-order valence-corrected chi connectivity index (χ2v) is 7.52. The van der Waals surface area contributed by atoms with Crippen LogP contribution in [0.3, 0.4) is 0 Å². The molecule has 0 unspecified atom stereocenters. The number of halogens is 4. The van der Waals surface area contributed by atoms with Crippen LogP contribution >= 0.6 is 12.4 Å². The molecule has 0 bridgehead atoms. The molecule has 0 aromatic heterocycles. The third-order valence-electron chi connectivity index (χ3n) is 5.79. The number of nitrogens with two attached hydrogens (primary N) is 1. The quantitative estimate of drug-likeness (QED) is 0.803. The molecule has 3 rings (SSSR count). The van der Waals surface area contributed by atoms with Gasteiger partial charge in [0.1, 0.15) is 0 Å². The first-order valence-electron chi connectivity index (χ1n) is 9.08. The minimum Gasteiger partial charge on any atom is -0.381 e. The van der Waals surface area contributed by atoms with Crippen molar-refractivity contribution in [3.05, 3.63) is 35.4 Å². The van der Waals surface area contributed by atoms with E-state index in [0.29, 0.717) is 44.5 Å². The fourth-order valence-corrected chi connectivity index (χ4v) is 4.01. The summed E-state index contributed by atoms with van der Waals surface area (Å²) in [5.74, 6) is -0.201. The Hall–Kier alpha value is -1.31. The SMILES string of the molecule is Cl.NC1(C(=O)NCC2(c3cccc(C(F)(F)F)c3)CCOCC2)CCCC1. The highest BCUT2D eigenvalue weighted by Crippen LogP contribution is 2.38. The summed E-state index contributed by atoms with van der Waals surface area (Å²) in [5, 5.41) is 2.93. The summed E-state index contributed by atoms with van der Waals surface area (Å²) in [5.41, 5.74) is 4.71. The highest BCUT2D eigenvalue weighted by Gasteiger charge is 2.41. The molecule has 152 valence electrons. The molecule has 27 heavy (non-hydrogen) atoms. The first-order chi connectivity index (χ1) is 12.3. The lowest BCUT2D eigenvalue weighted by Gasteiger charge is -2.39. The largest absolute Gasteiger partial charge is 0.416 e. The molecule has 2 aliphatic rings. The number of ether oxygens (including phenoxy) is 1. The number of nitrogens with one attached hydrogen (secondary N) is 1. The van der Waals surface area contributed by atoms with Gasteiger partial charge in [0, 0.05) is 25.2 Å². The minimum absolute atomic E-state index is 0. The predicted octanol–water partition coefficient (Wildman–Crippen LogP) is 3.56. The van der Waals surface area contributed by atoms with Crippen LogP contribution in [0.1, 0.15) is 49.7 Å². The fraction of sp³-hybridized carbons (Fsp3) is 0.632. The zero-order valence-electron chi connectivity index (χ0n) is 15.1. The van der Waals surface area contributed by atoms with Gasteiger partial charge in [-0.3, -0.25) is 4.79 Å². The van der Waals surface area contributed by atoms with Crippen LogP contribution in [0.15, 0.2) is 24.3 Å². The number of amides is 1. The van der Waals surface area contributed by atoms with Crippen LogP contribution in [-0.4, -0.2) is 31.2 Å². The monoisotopic (exact) mass is 406 g/mol. The van der Waals surface area contributed by atoms with Gasteiger partial charge in [-0.1, -0.05) is 31.0 Å². The summed E-state index contributed by atoms with van der Waals surface area (Å²) >= 11 is 0. The van der Waals surface area contributed by atoms with Crippen molar-refractivity contribution in [2.24, 2.45) is 5.73 Å². The molecule has 0 atom stereocenters. The molecule has 1 saturated carbocycles. The average molecular weight is 407 g/mol. The second kappa shape index (κ2) is 8.37. The third kappa shape index (κ3) is 4.76. The predicted molar refractivity (Wildman–Crippen MR) is 98.8 cm³/mol. The summed E-state index contributed by atoms with van der Waals surface area (Å²) in [7, 11) is 0. The number of hydrogen-bond donors (Lipinski definition) is 2. The number of rotatable bonds is 4. The van der Waals surface area contributed by atoms with Crippen molar-refractivity contribution in [1.82, 2.24) is 5.32 Å². The summed E-state index contributed by atoms with van der Waals surface area (Å²) in [6.07, 6.45) is -0.112. The van der Waals surface area contributed by atoms with Crippen molar-refractivity contribution in [1.29, 1.82) is 0 Å². The molecule has 1 heterocycles. The Morgan fingerprint density at radius 1 is 1.15 bits per heavy atom. The van der Waals surface area contributed by atoms with Crippen LogP contribution in [0.5, 0.6) is 0 Å². The maximum absolute atomic E-state index is 13.1. The van der Waals surface area contributed by atoms with Gasteiger partial charge in [-0.05, 0) is 37.3 Å². The third-order valence-corrected chi connectivity index (χ3v) is 5.79. The maximum Gasteiger partial charge on any atom is 0.416 e. The van der Waals surface area contributed by atoms with E-state index in [1.54, 1.807) is 6.07 Å². The number of carbonyl (C=O) groups is 1. The number of carbonyl (C=O) groups excluding carboxylic acids is 1. The molecule has 1 aliphatic heterocycles. The number of hydrogen-bond acceptors (Lipinski definition) is 3. The van der Waals surface area contributed by atoms with E-state index < -0.39 is 22.7 Å². The smallest absolute Gasteiger partial charge is 0.381 e. The Bertz CT molecular complexity index is 655. The minimum atomic E-state index is -4.39. The van der Waals surface area contributed by atoms with Crippen molar-refractivity contribution < 1.29 is 22.7 Å². The van der Waals surface area contributed by atoms with Crippen molar-refractivity contribution in [2.75, 3.05) is 19.8 Å². The maximum atomic E-state index is 13.1. The first-order valence-corrected chi connectivity index (χ1v) is 9.08. The molecule has 1 aromatic carbocycles. The van der Waals surface area contributed by atoms with Crippen LogP contribution in [0.25, 0.3) is 0 Å². The highest BCUT2D eigenvalue weighted by atomic mass is 35.5. The van der Waals surface area contributed by atoms with E-state index in [4.69, 9.17) is 10.5 Å². The van der Waals surface area contributed by atoms with Crippen molar-refractivity contribution in [2.45, 2.75) is 55.7 Å². The summed E-state index contributed by atoms with van der Waals surface area (Å²) in [4.78, 5) is 12.6. The van der Waals surface area contributed by atoms with Gasteiger partial charge in [0.15, 0.2) is 0 Å². The molecule has 4 nitrogen and oxygen atoms in total. The summed E-state index contributed by atoms with van der Waals surface area (Å²) < 4.78 is 44.8. The normalized spacial score (nSPS) is 21.3. The van der Waals surface area contributed by atoms with Gasteiger partial charge in [0.2, 0.25) is 5.91 Å². The molecule has 0 spiro atoms. The Morgan fingerprint density at radius 3 is 2.37 bits per heavy atom. The van der Waals surface area contributed by atoms with E-state index >= 15 is 0 Å². The van der Waals surface area contributed by atoms with Crippen LogP contribution in [-0.2, 0) is 21.1 Å². The van der Waals surface area contributed by atoms with Crippen molar-refractivity contribution in [3.63, 3.8) is 0 Å². The molecule has 1 aliphatic carbocycles. The van der Waals surface area contributed by atoms with Crippen molar-refractivity contribution in [3.8, 4) is 0 Å². The Kier molecular flexibility index (Phi) is 6.81. The van der Waals surface area contributed by atoms with Crippen LogP contribution in [0.4, 0.5) is 13.2 Å². The van der Waals surface area contributed by atoms with E-state index in [2.05, 4.69) is 5.32 Å². The van der Waals surface area contributed by atoms with Crippen molar-refractivity contribution >= 4 is 18.3 Å². The molecule has 8 heteroatoms. The molecule has 0 radical (unpaired) electrons. The van der Waals surface area contributed by atoms with Gasteiger partial charge in [-0.25, -0.2) is 0 Å². The fourth-order valence-electron chi connectivity index (χ4n) is 4.01. The molecular weight excluding hydrogens is 381 g/mol. The van der Waals surface area contributed by atoms with E-state index in [0.717, 1.165) is 18.9 Å². The van der Waals surface area contributed by atoms with Gasteiger partial charge in [0.05, 0.1) is 11.1 Å². The van der Waals surface area contributed by atoms with E-state index in [1.165, 1.54) is 12.1 Å². The Morgan fingerprint density at radius 2 is 1.78 bits per heavy atom. The highest BCUT2D eigenvalue weighted by molar-refractivity contribution is 5.86. The van der Waals surface area contributed by atoms with Gasteiger partial charge < -0.3 is 15.8 Å². The molecule has 2 fully saturated rings. The Labute approximate surface area is 163 Å². The van der Waals surface area contributed by atoms with E-state index in [1.807, 2.05) is 0 Å². The lowest BCUT2D eigenvalue weighted by atomic mass is 9.73. The second-order valence-electron chi connectivity index (χ2n) is 7.52. The van der Waals surface area contributed by atoms with Gasteiger partial charge in [-0.15, -0.1) is 12.4 Å². The van der Waals surface area contributed by atoms with Crippen LogP contribution < -0.4 is 11.1 Å². The molecule has 1 amide bonds. The lowest BCUT2D eigenvalue weighted by molar-refractivity contribution is -0.137. The first kappa shape index (κ1) is 22.0. The zero-order valence-corrected chi connectivity index (χ0v) is 15.9. The summed E-state index contributed by atoms with van der Waals surface area (Å²) in [6, 6.07) is 5.41. The Balaban J connectivity index is 0.00000261. The number of benzene rings is 1. The molecule has 3 N–H and O–H groups in total. The van der Waals surface area contributed by atoms with Gasteiger partial charge in [-0.2, -0.15) is 13.2 Å². The van der Waals surface area contributed by atoms with E-state index in [9.17, 15) is 18.0 Å². The zero-order chi connectivity index (χ0) is 18.8. The standard InChI is InChI=1S/C19H25F3N2O2.ClH/c20-19(21,22)15-5-3-4-14(12-15)17(8-10-26-11-9-17)13-24-16(25)18(23)6-1-2-7-18;/h3-5,12H,1-2,6-11,13,23H2,(H,24,25);1H. The molecule has 1 saturated heterocycles. The van der Waals surface area contributed by atoms with E-state index in [-0.39, 0.29) is 24.9 Å². The average Bonchev–Trinajstić information content (AvgIpc) is 3.08. The van der Waals surface area contributed by atoms with Gasteiger partial charge >= 0.3 is 6.18 Å². The number of alkyl halides is 3. The van der Waals surface area contributed by atoms with Gasteiger partial charge in [0.25, 0.3) is 0 Å². The molecular formula is C19H26ClF3N2O2. The van der Waals surface area contributed by atoms with Crippen LogP contribution in [0.2, 0.25) is 0 Å². The molecule has 1 aromatic rings. The lowest BCUT2D eigenvalue weighted by Crippen LogP contribution is -2.55. The topological polar surface area (TPSA) is 64.4 Å². The van der Waals surface area contributed by atoms with Crippen LogP contribution in [0, 0.1) is 0 Å². The summed E-state index contributed by atoms with van der Waals surface area (Å²) in [6.45, 7) is 1.19.